The van der Waals surface area contributed by atoms with E-state index >= 15 is 0 Å². The average molecular weight is 299 g/mol. The molecule has 1 aromatic rings. The maximum Gasteiger partial charge on any atom is 0.217 e. The molecule has 0 amide bonds. The molecule has 1 aromatic heterocycles. The van der Waals surface area contributed by atoms with Crippen molar-refractivity contribution >= 4 is 17.6 Å². The van der Waals surface area contributed by atoms with E-state index in [4.69, 9.17) is 27.7 Å². The van der Waals surface area contributed by atoms with E-state index < -0.39 is 23.7 Å². The molecule has 0 aliphatic rings. The molecule has 22 heavy (non-hydrogen) atoms. The van der Waals surface area contributed by atoms with Gasteiger partial charge in [-0.05, 0) is 43.0 Å². The molecule has 0 saturated carbocycles. The first-order valence-corrected chi connectivity index (χ1v) is 4.87. The normalized spacial score (nSPS) is 9.64. The second-order valence-corrected chi connectivity index (χ2v) is 2.94. The Morgan fingerprint density at radius 1 is 0.682 bits per heavy atom. The van der Waals surface area contributed by atoms with Gasteiger partial charge in [0.25, 0.3) is 0 Å². The lowest BCUT2D eigenvalue weighted by Crippen LogP contribution is -1.96. The molecule has 0 aromatic carbocycles. The smallest absolute Gasteiger partial charge is 0.217 e. The summed E-state index contributed by atoms with van der Waals surface area (Å²) < 4.78 is 0. The Morgan fingerprint density at radius 2 is 1.14 bits per heavy atom. The Balaban J connectivity index is 3.87. The molecule has 1 heterocycles. The highest BCUT2D eigenvalue weighted by Crippen LogP contribution is 2.36. The van der Waals surface area contributed by atoms with Gasteiger partial charge >= 0.3 is 0 Å². The van der Waals surface area contributed by atoms with Crippen LogP contribution in [0.3, 0.4) is 0 Å². The quantitative estimate of drug-likeness (QED) is 0.401. The molecule has 0 N–H and O–H groups in total. The van der Waals surface area contributed by atoms with Crippen molar-refractivity contribution in [3.8, 4) is 0 Å². The topological polar surface area (TPSA) is 270 Å². The number of nitrogens with zero attached hydrogens (tertiary/aromatic N) is 17. The molecule has 0 aliphatic carbocycles. The van der Waals surface area contributed by atoms with Crippen molar-refractivity contribution in [3.05, 3.63) is 57.8 Å². The van der Waals surface area contributed by atoms with Gasteiger partial charge in [0.2, 0.25) is 5.95 Å². The van der Waals surface area contributed by atoms with Gasteiger partial charge in [-0.15, -0.1) is 0 Å². The summed E-state index contributed by atoms with van der Waals surface area (Å²) in [6.45, 7) is 0. The largest absolute Gasteiger partial charge is 0.225 e. The zero-order valence-electron chi connectivity index (χ0n) is 10.2. The molecular formula is C5HN17. The highest BCUT2D eigenvalue weighted by molar-refractivity contribution is 5.56. The maximum atomic E-state index is 8.51. The van der Waals surface area contributed by atoms with Gasteiger partial charge in [-0.25, -0.2) is 9.97 Å². The first-order chi connectivity index (χ1) is 10.7. The Hall–Kier alpha value is -4.37. The third kappa shape index (κ3) is 3.57. The molecule has 17 heteroatoms. The van der Waals surface area contributed by atoms with Gasteiger partial charge in [-0.2, -0.15) is 0 Å². The predicted molar refractivity (Wildman–Crippen MR) is 69.5 cm³/mol. The highest BCUT2D eigenvalue weighted by Gasteiger charge is 2.20. The third-order valence-electron chi connectivity index (χ3n) is 1.89. The predicted octanol–water partition coefficient (Wildman–Crippen LogP) is 4.92. The van der Waals surface area contributed by atoms with Crippen molar-refractivity contribution in [2.45, 2.75) is 6.17 Å². The number of aromatic nitrogens is 2. The second-order valence-electron chi connectivity index (χ2n) is 2.94. The van der Waals surface area contributed by atoms with E-state index in [1.54, 1.807) is 0 Å². The fourth-order valence-electron chi connectivity index (χ4n) is 1.22. The van der Waals surface area contributed by atoms with Gasteiger partial charge in [-0.1, -0.05) is 10.2 Å². The van der Waals surface area contributed by atoms with Crippen LogP contribution in [0, 0.1) is 0 Å². The summed E-state index contributed by atoms with van der Waals surface area (Å²) in [4.78, 5) is 19.4. The van der Waals surface area contributed by atoms with Gasteiger partial charge in [0.15, 0.2) is 0 Å². The van der Waals surface area contributed by atoms with Gasteiger partial charge in [0, 0.05) is 30.1 Å². The molecule has 0 fully saturated rings. The van der Waals surface area contributed by atoms with Gasteiger partial charge in [0.1, 0.15) is 17.8 Å². The molecule has 0 saturated heterocycles. The first-order valence-electron chi connectivity index (χ1n) is 4.87. The molecular weight excluding hydrogens is 298 g/mol. The van der Waals surface area contributed by atoms with Crippen LogP contribution in [0.5, 0.6) is 0 Å². The molecule has 0 spiro atoms. The van der Waals surface area contributed by atoms with Crippen molar-refractivity contribution in [2.75, 3.05) is 0 Å². The van der Waals surface area contributed by atoms with Crippen LogP contribution in [-0.4, -0.2) is 9.97 Å². The lowest BCUT2D eigenvalue weighted by Gasteiger charge is -2.10. The van der Waals surface area contributed by atoms with Crippen molar-refractivity contribution in [1.29, 1.82) is 0 Å². The minimum Gasteiger partial charge on any atom is -0.225 e. The van der Waals surface area contributed by atoms with Crippen LogP contribution in [0.25, 0.3) is 52.2 Å². The molecule has 0 atom stereocenters. The van der Waals surface area contributed by atoms with E-state index in [1.165, 1.54) is 0 Å². The summed E-state index contributed by atoms with van der Waals surface area (Å²) in [5, 5.41) is 15.7. The summed E-state index contributed by atoms with van der Waals surface area (Å²) in [6.07, 6.45) is -1.59. The standard InChI is InChI=1S/C5HN17/c6-18-13-2-1(4(15-20-8)16-21-9)3(14-19-7)12-5(11-2)17-22-10/h4H. The number of azide groups is 4. The summed E-state index contributed by atoms with van der Waals surface area (Å²) in [7, 11) is 0. The van der Waals surface area contributed by atoms with Crippen LogP contribution >= 0.6 is 0 Å². The molecule has 0 bridgehead atoms. The Bertz CT molecular complexity index is 760. The van der Waals surface area contributed by atoms with E-state index in [-0.39, 0.29) is 5.56 Å². The average Bonchev–Trinajstić information content (AvgIpc) is 2.48. The monoisotopic (exact) mass is 299 g/mol. The van der Waals surface area contributed by atoms with Crippen LogP contribution in [0.1, 0.15) is 11.7 Å². The highest BCUT2D eigenvalue weighted by atomic mass is 15.3. The SMILES string of the molecule is [N-]=[N+]=Nc1nc(N=[N+]=[N-])c(C(N=[N+]=[N-])N=[N+]=[N-])c(N=[N+]=[N-])n1. The van der Waals surface area contributed by atoms with E-state index in [0.29, 0.717) is 0 Å². The molecule has 17 nitrogen and oxygen atoms in total. The number of hydrogen-bond donors (Lipinski definition) is 0. The minimum atomic E-state index is -1.59. The molecule has 0 unspecified atom stereocenters. The van der Waals surface area contributed by atoms with E-state index in [0.717, 1.165) is 0 Å². The summed E-state index contributed by atoms with van der Waals surface area (Å²) in [6, 6.07) is 0. The third-order valence-corrected chi connectivity index (χ3v) is 1.89. The van der Waals surface area contributed by atoms with Crippen LogP contribution in [0.4, 0.5) is 17.6 Å². The first kappa shape index (κ1) is 15.7. The van der Waals surface area contributed by atoms with Crippen LogP contribution in [-0.2, 0) is 0 Å². The van der Waals surface area contributed by atoms with Gasteiger partial charge < -0.3 is 0 Å². The zero-order valence-corrected chi connectivity index (χ0v) is 10.2. The number of hydrogen-bond acceptors (Lipinski definition) is 7. The minimum absolute atomic E-state index is 0.344. The fraction of sp³-hybridized carbons (Fsp3) is 0.200. The number of rotatable bonds is 6. The summed E-state index contributed by atoms with van der Waals surface area (Å²) >= 11 is 0. The van der Waals surface area contributed by atoms with E-state index in [1.807, 2.05) is 0 Å². The Kier molecular flexibility index (Phi) is 5.66. The summed E-state index contributed by atoms with van der Waals surface area (Å²) in [5.74, 6) is -1.50. The van der Waals surface area contributed by atoms with Crippen LogP contribution in [0.2, 0.25) is 0 Å². The van der Waals surface area contributed by atoms with Gasteiger partial charge in [0.05, 0.1) is 0 Å². The lowest BCUT2D eigenvalue weighted by atomic mass is 10.2. The van der Waals surface area contributed by atoms with Crippen molar-refractivity contribution in [3.63, 3.8) is 0 Å². The van der Waals surface area contributed by atoms with E-state index in [9.17, 15) is 0 Å². The lowest BCUT2D eigenvalue weighted by molar-refractivity contribution is 0.747. The Morgan fingerprint density at radius 3 is 1.50 bits per heavy atom. The second kappa shape index (κ2) is 7.93. The Labute approximate surface area is 118 Å². The zero-order chi connectivity index (χ0) is 16.4. The molecule has 0 aliphatic heterocycles. The van der Waals surface area contributed by atoms with Crippen LogP contribution in [0.15, 0.2) is 25.6 Å². The summed E-state index contributed by atoms with van der Waals surface area (Å²) in [5.41, 5.74) is 42.0. The van der Waals surface area contributed by atoms with Crippen molar-refractivity contribution in [2.24, 2.45) is 25.6 Å². The van der Waals surface area contributed by atoms with E-state index in [2.05, 4.69) is 60.1 Å². The molecule has 0 radical (unpaired) electrons. The van der Waals surface area contributed by atoms with Crippen molar-refractivity contribution < 1.29 is 0 Å². The fourth-order valence-corrected chi connectivity index (χ4v) is 1.22. The molecule has 1 rings (SSSR count). The van der Waals surface area contributed by atoms with Crippen LogP contribution < -0.4 is 0 Å². The molecule has 106 valence electrons. The van der Waals surface area contributed by atoms with Crippen molar-refractivity contribution in [1.82, 2.24) is 9.97 Å². The van der Waals surface area contributed by atoms with Gasteiger partial charge in [-0.3, -0.25) is 0 Å². The maximum absolute atomic E-state index is 8.51.